The Balaban J connectivity index is 2.06. The van der Waals surface area contributed by atoms with Crippen LogP contribution in [0.3, 0.4) is 0 Å². The molecule has 2 N–H and O–H groups in total. The zero-order valence-corrected chi connectivity index (χ0v) is 10.9. The van der Waals surface area contributed by atoms with E-state index in [0.29, 0.717) is 16.8 Å². The first-order valence-corrected chi connectivity index (χ1v) is 6.09. The average Bonchev–Trinajstić information content (AvgIpc) is 2.48. The minimum atomic E-state index is -0.535. The van der Waals surface area contributed by atoms with Gasteiger partial charge >= 0.3 is 5.97 Å². The lowest BCUT2D eigenvalue weighted by atomic mass is 10.1. The molecule has 0 spiro atoms. The second kappa shape index (κ2) is 5.97. The van der Waals surface area contributed by atoms with Crippen LogP contribution in [0, 0.1) is 0 Å². The molecular weight excluding hydrogens is 256 g/mol. The first kappa shape index (κ1) is 13.7. The molecule has 20 heavy (non-hydrogen) atoms. The van der Waals surface area contributed by atoms with Gasteiger partial charge in [-0.05, 0) is 43.3 Å². The van der Waals surface area contributed by atoms with E-state index in [1.54, 1.807) is 25.3 Å². The summed E-state index contributed by atoms with van der Waals surface area (Å²) in [7, 11) is 0. The molecule has 1 aromatic carbocycles. The normalized spacial score (nSPS) is 11.7. The summed E-state index contributed by atoms with van der Waals surface area (Å²) in [6, 6.07) is 11.4. The highest BCUT2D eigenvalue weighted by Gasteiger charge is 2.14. The number of hydrogen-bond donors (Lipinski definition) is 1. The maximum absolute atomic E-state index is 11.9. The van der Waals surface area contributed by atoms with E-state index < -0.39 is 18.0 Å². The maximum Gasteiger partial charge on any atom is 0.338 e. The Kier molecular flexibility index (Phi) is 4.10. The molecule has 0 saturated carbocycles. The number of rotatable bonds is 4. The molecule has 0 aliphatic carbocycles. The number of amides is 1. The molecule has 0 radical (unpaired) electrons. The molecule has 5 nitrogen and oxygen atoms in total. The molecule has 1 atom stereocenters. The molecule has 1 amide bonds. The molecule has 0 unspecified atom stereocenters. The van der Waals surface area contributed by atoms with Crippen LogP contribution in [0.5, 0.6) is 0 Å². The van der Waals surface area contributed by atoms with Crippen LogP contribution in [0.1, 0.15) is 39.4 Å². The Morgan fingerprint density at radius 2 is 1.75 bits per heavy atom. The van der Waals surface area contributed by atoms with Gasteiger partial charge in [0.25, 0.3) is 0 Å². The molecule has 2 rings (SSSR count). The van der Waals surface area contributed by atoms with E-state index >= 15 is 0 Å². The molecular formula is C15H14N2O3. The van der Waals surface area contributed by atoms with Gasteiger partial charge in [-0.3, -0.25) is 9.78 Å². The number of pyridine rings is 1. The van der Waals surface area contributed by atoms with Crippen LogP contribution in [0.4, 0.5) is 0 Å². The summed E-state index contributed by atoms with van der Waals surface area (Å²) >= 11 is 0. The number of carbonyl (C=O) groups excluding carboxylic acids is 2. The third kappa shape index (κ3) is 3.20. The molecule has 102 valence electrons. The Hall–Kier alpha value is -2.69. The third-order valence-electron chi connectivity index (χ3n) is 2.79. The van der Waals surface area contributed by atoms with E-state index in [1.807, 2.05) is 6.07 Å². The fourth-order valence-corrected chi connectivity index (χ4v) is 1.68. The lowest BCUT2D eigenvalue weighted by molar-refractivity contribution is 0.0329. The topological polar surface area (TPSA) is 82.3 Å². The number of aromatic nitrogens is 1. The smallest absolute Gasteiger partial charge is 0.338 e. The standard InChI is InChI=1S/C15H14N2O3/c1-10(13-4-2-3-9-17-13)20-15(19)12-7-5-11(6-8-12)14(16)18/h2-10H,1H3,(H2,16,18)/t10-/m0/s1. The first-order chi connectivity index (χ1) is 9.58. The summed E-state index contributed by atoms with van der Waals surface area (Å²) in [6.07, 6.45) is 1.20. The molecule has 0 saturated heterocycles. The van der Waals surface area contributed by atoms with Gasteiger partial charge in [0.05, 0.1) is 11.3 Å². The van der Waals surface area contributed by atoms with E-state index in [2.05, 4.69) is 4.98 Å². The van der Waals surface area contributed by atoms with Gasteiger partial charge in [0, 0.05) is 11.8 Å². The van der Waals surface area contributed by atoms with Crippen molar-refractivity contribution in [2.24, 2.45) is 5.73 Å². The Morgan fingerprint density at radius 1 is 1.10 bits per heavy atom. The lowest BCUT2D eigenvalue weighted by Crippen LogP contribution is -2.13. The molecule has 0 aliphatic rings. The van der Waals surface area contributed by atoms with Crippen LogP contribution < -0.4 is 5.73 Å². The van der Waals surface area contributed by atoms with Crippen LogP contribution in [0.2, 0.25) is 0 Å². The highest BCUT2D eigenvalue weighted by atomic mass is 16.5. The number of nitrogens with two attached hydrogens (primary N) is 1. The van der Waals surface area contributed by atoms with Gasteiger partial charge in [0.15, 0.2) is 0 Å². The number of ether oxygens (including phenoxy) is 1. The van der Waals surface area contributed by atoms with Gasteiger partial charge in [-0.1, -0.05) is 6.07 Å². The van der Waals surface area contributed by atoms with Gasteiger partial charge in [0.2, 0.25) is 5.91 Å². The number of esters is 1. The number of benzene rings is 1. The van der Waals surface area contributed by atoms with Crippen molar-refractivity contribution >= 4 is 11.9 Å². The second-order valence-electron chi connectivity index (χ2n) is 4.24. The summed E-state index contributed by atoms with van der Waals surface area (Å²) in [6.45, 7) is 1.75. The van der Waals surface area contributed by atoms with Crippen molar-refractivity contribution in [3.8, 4) is 0 Å². The van der Waals surface area contributed by atoms with Gasteiger partial charge in [-0.25, -0.2) is 4.79 Å². The summed E-state index contributed by atoms with van der Waals surface area (Å²) in [5, 5.41) is 0. The Bertz CT molecular complexity index is 609. The van der Waals surface area contributed by atoms with Crippen molar-refractivity contribution in [3.05, 3.63) is 65.5 Å². The van der Waals surface area contributed by atoms with E-state index in [9.17, 15) is 9.59 Å². The van der Waals surface area contributed by atoms with Crippen molar-refractivity contribution in [2.75, 3.05) is 0 Å². The summed E-state index contributed by atoms with van der Waals surface area (Å²) < 4.78 is 5.31. The van der Waals surface area contributed by atoms with E-state index in [-0.39, 0.29) is 0 Å². The highest BCUT2D eigenvalue weighted by molar-refractivity contribution is 5.95. The molecule has 0 bridgehead atoms. The Morgan fingerprint density at radius 3 is 2.30 bits per heavy atom. The van der Waals surface area contributed by atoms with Crippen molar-refractivity contribution < 1.29 is 14.3 Å². The molecule has 2 aromatic rings. The van der Waals surface area contributed by atoms with Crippen LogP contribution in [0.25, 0.3) is 0 Å². The SMILES string of the molecule is C[C@H](OC(=O)c1ccc(C(N)=O)cc1)c1ccccn1. The average molecular weight is 270 g/mol. The number of nitrogens with zero attached hydrogens (tertiary/aromatic N) is 1. The van der Waals surface area contributed by atoms with Crippen LogP contribution >= 0.6 is 0 Å². The van der Waals surface area contributed by atoms with Crippen LogP contribution in [-0.2, 0) is 4.74 Å². The summed E-state index contributed by atoms with van der Waals surface area (Å²) in [5.41, 5.74) is 6.51. The largest absolute Gasteiger partial charge is 0.453 e. The number of primary amides is 1. The van der Waals surface area contributed by atoms with E-state index in [1.165, 1.54) is 24.3 Å². The first-order valence-electron chi connectivity index (χ1n) is 6.09. The summed E-state index contributed by atoms with van der Waals surface area (Å²) in [5.74, 6) is -1.01. The zero-order valence-electron chi connectivity index (χ0n) is 10.9. The monoisotopic (exact) mass is 270 g/mol. The van der Waals surface area contributed by atoms with E-state index in [4.69, 9.17) is 10.5 Å². The Labute approximate surface area is 116 Å². The van der Waals surface area contributed by atoms with Gasteiger partial charge in [-0.2, -0.15) is 0 Å². The fraction of sp³-hybridized carbons (Fsp3) is 0.133. The summed E-state index contributed by atoms with van der Waals surface area (Å²) in [4.78, 5) is 27.0. The maximum atomic E-state index is 11.9. The van der Waals surface area contributed by atoms with Crippen molar-refractivity contribution in [1.29, 1.82) is 0 Å². The zero-order chi connectivity index (χ0) is 14.5. The quantitative estimate of drug-likeness (QED) is 0.862. The molecule has 0 fully saturated rings. The highest BCUT2D eigenvalue weighted by Crippen LogP contribution is 2.16. The number of carbonyl (C=O) groups is 2. The van der Waals surface area contributed by atoms with E-state index in [0.717, 1.165) is 0 Å². The third-order valence-corrected chi connectivity index (χ3v) is 2.79. The van der Waals surface area contributed by atoms with Crippen molar-refractivity contribution in [1.82, 2.24) is 4.98 Å². The second-order valence-corrected chi connectivity index (χ2v) is 4.24. The fourth-order valence-electron chi connectivity index (χ4n) is 1.68. The predicted molar refractivity (Wildman–Crippen MR) is 73.0 cm³/mol. The van der Waals surface area contributed by atoms with Gasteiger partial charge in [-0.15, -0.1) is 0 Å². The molecule has 1 heterocycles. The minimum absolute atomic E-state index is 0.347. The molecule has 5 heteroatoms. The molecule has 0 aliphatic heterocycles. The molecule has 1 aromatic heterocycles. The van der Waals surface area contributed by atoms with Crippen molar-refractivity contribution in [3.63, 3.8) is 0 Å². The lowest BCUT2D eigenvalue weighted by Gasteiger charge is -2.12. The van der Waals surface area contributed by atoms with Crippen molar-refractivity contribution in [2.45, 2.75) is 13.0 Å². The van der Waals surface area contributed by atoms with Gasteiger partial charge in [0.1, 0.15) is 6.10 Å². The van der Waals surface area contributed by atoms with Crippen LogP contribution in [0.15, 0.2) is 48.7 Å². The van der Waals surface area contributed by atoms with Crippen LogP contribution in [-0.4, -0.2) is 16.9 Å². The van der Waals surface area contributed by atoms with Gasteiger partial charge < -0.3 is 10.5 Å². The predicted octanol–water partition coefficient (Wildman–Crippen LogP) is 2.10. The minimum Gasteiger partial charge on any atom is -0.453 e. The number of hydrogen-bond acceptors (Lipinski definition) is 4.